The van der Waals surface area contributed by atoms with Crippen LogP contribution >= 0.6 is 0 Å². The van der Waals surface area contributed by atoms with Crippen LogP contribution in [-0.4, -0.2) is 32.8 Å². The Labute approximate surface area is 120 Å². The average molecular weight is 298 g/mol. The summed E-state index contributed by atoms with van der Waals surface area (Å²) >= 11 is 0. The second-order valence-corrected chi connectivity index (χ2v) is 7.05. The number of rotatable bonds is 5. The minimum absolute atomic E-state index is 0.0295. The molecular formula is C14H22N2O3S. The third-order valence-corrected chi connectivity index (χ3v) is 3.91. The van der Waals surface area contributed by atoms with Gasteiger partial charge in [0.15, 0.2) is 0 Å². The van der Waals surface area contributed by atoms with Crippen molar-refractivity contribution < 1.29 is 13.2 Å². The summed E-state index contributed by atoms with van der Waals surface area (Å²) in [5, 5.41) is 5.12. The van der Waals surface area contributed by atoms with Gasteiger partial charge >= 0.3 is 0 Å². The molecule has 0 atom stereocenters. The number of carbonyl (C=O) groups is 1. The van der Waals surface area contributed by atoms with E-state index in [0.29, 0.717) is 23.6 Å². The van der Waals surface area contributed by atoms with Gasteiger partial charge in [0, 0.05) is 19.2 Å². The maximum Gasteiger partial charge on any atom is 0.253 e. The van der Waals surface area contributed by atoms with Crippen LogP contribution in [0.5, 0.6) is 0 Å². The molecule has 0 fully saturated rings. The van der Waals surface area contributed by atoms with Gasteiger partial charge in [-0.15, -0.1) is 0 Å². The molecule has 0 heterocycles. The van der Waals surface area contributed by atoms with Crippen LogP contribution in [0.3, 0.4) is 0 Å². The zero-order valence-electron chi connectivity index (χ0n) is 12.4. The van der Waals surface area contributed by atoms with Crippen LogP contribution in [0, 0.1) is 12.8 Å². The van der Waals surface area contributed by atoms with Gasteiger partial charge < -0.3 is 4.90 Å². The molecule has 20 heavy (non-hydrogen) atoms. The Balaban J connectivity index is 3.02. The normalized spacial score (nSPS) is 11.7. The highest BCUT2D eigenvalue weighted by molar-refractivity contribution is 7.89. The lowest BCUT2D eigenvalue weighted by molar-refractivity contribution is 0.0789. The molecule has 0 spiro atoms. The van der Waals surface area contributed by atoms with E-state index in [1.165, 1.54) is 12.1 Å². The first-order chi connectivity index (χ1) is 9.11. The van der Waals surface area contributed by atoms with Crippen LogP contribution in [0.2, 0.25) is 0 Å². The van der Waals surface area contributed by atoms with Crippen molar-refractivity contribution in [2.24, 2.45) is 11.1 Å². The van der Waals surface area contributed by atoms with Crippen LogP contribution in [0.4, 0.5) is 0 Å². The molecule has 1 aromatic carbocycles. The highest BCUT2D eigenvalue weighted by Crippen LogP contribution is 2.15. The highest BCUT2D eigenvalue weighted by Gasteiger charge is 2.16. The Kier molecular flexibility index (Phi) is 5.30. The molecule has 0 aliphatic rings. The summed E-state index contributed by atoms with van der Waals surface area (Å²) in [4.78, 5) is 13.8. The van der Waals surface area contributed by atoms with Crippen molar-refractivity contribution in [2.75, 3.05) is 13.6 Å². The minimum atomic E-state index is -3.80. The average Bonchev–Trinajstić information content (AvgIpc) is 2.33. The molecule has 6 heteroatoms. The topological polar surface area (TPSA) is 80.5 Å². The summed E-state index contributed by atoms with van der Waals surface area (Å²) in [6.45, 7) is 6.54. The van der Waals surface area contributed by atoms with Gasteiger partial charge in [0.2, 0.25) is 10.0 Å². The predicted molar refractivity (Wildman–Crippen MR) is 79.0 cm³/mol. The number of carbonyl (C=O) groups excluding carboxylic acids is 1. The van der Waals surface area contributed by atoms with E-state index >= 15 is 0 Å². The minimum Gasteiger partial charge on any atom is -0.342 e. The number of hydrogen-bond acceptors (Lipinski definition) is 3. The van der Waals surface area contributed by atoms with Crippen molar-refractivity contribution in [1.29, 1.82) is 0 Å². The van der Waals surface area contributed by atoms with Crippen molar-refractivity contribution >= 4 is 15.9 Å². The third kappa shape index (κ3) is 4.61. The van der Waals surface area contributed by atoms with Crippen LogP contribution in [0.1, 0.15) is 36.2 Å². The first-order valence-corrected chi connectivity index (χ1v) is 8.06. The summed E-state index contributed by atoms with van der Waals surface area (Å²) in [7, 11) is -2.09. The highest BCUT2D eigenvalue weighted by atomic mass is 32.2. The van der Waals surface area contributed by atoms with Crippen molar-refractivity contribution in [2.45, 2.75) is 32.1 Å². The quantitative estimate of drug-likeness (QED) is 0.899. The number of nitrogens with zero attached hydrogens (tertiary/aromatic N) is 1. The van der Waals surface area contributed by atoms with E-state index in [1.54, 1.807) is 24.9 Å². The Morgan fingerprint density at radius 2 is 1.90 bits per heavy atom. The largest absolute Gasteiger partial charge is 0.342 e. The SMILES string of the molecule is Cc1cc(C(=O)N(C)CCC(C)C)cc(S(N)(=O)=O)c1. The smallest absolute Gasteiger partial charge is 0.253 e. The molecule has 0 aliphatic heterocycles. The molecule has 0 saturated heterocycles. The maximum atomic E-state index is 12.3. The van der Waals surface area contributed by atoms with E-state index in [0.717, 1.165) is 6.42 Å². The lowest BCUT2D eigenvalue weighted by Gasteiger charge is -2.19. The summed E-state index contributed by atoms with van der Waals surface area (Å²) in [6.07, 6.45) is 0.899. The molecule has 112 valence electrons. The maximum absolute atomic E-state index is 12.3. The monoisotopic (exact) mass is 298 g/mol. The molecule has 1 aromatic rings. The van der Waals surface area contributed by atoms with E-state index in [9.17, 15) is 13.2 Å². The molecule has 0 radical (unpaired) electrons. The standard InChI is InChI=1S/C14H22N2O3S/c1-10(2)5-6-16(4)14(17)12-7-11(3)8-13(9-12)20(15,18)19/h7-10H,5-6H2,1-4H3,(H2,15,18,19). The Morgan fingerprint density at radius 1 is 1.30 bits per heavy atom. The van der Waals surface area contributed by atoms with Crippen molar-refractivity contribution in [3.05, 3.63) is 29.3 Å². The van der Waals surface area contributed by atoms with Gasteiger partial charge in [-0.1, -0.05) is 13.8 Å². The van der Waals surface area contributed by atoms with Crippen molar-refractivity contribution in [3.8, 4) is 0 Å². The molecule has 0 aliphatic carbocycles. The fourth-order valence-electron chi connectivity index (χ4n) is 1.81. The van der Waals surface area contributed by atoms with Crippen LogP contribution < -0.4 is 5.14 Å². The van der Waals surface area contributed by atoms with Gasteiger partial charge in [-0.2, -0.15) is 0 Å². The van der Waals surface area contributed by atoms with Crippen LogP contribution in [0.25, 0.3) is 0 Å². The molecule has 0 unspecified atom stereocenters. The number of aryl methyl sites for hydroxylation is 1. The second-order valence-electron chi connectivity index (χ2n) is 5.49. The summed E-state index contributed by atoms with van der Waals surface area (Å²) in [6, 6.07) is 4.46. The van der Waals surface area contributed by atoms with Gasteiger partial charge in [0.05, 0.1) is 4.90 Å². The molecular weight excluding hydrogens is 276 g/mol. The Hall–Kier alpha value is -1.40. The van der Waals surface area contributed by atoms with E-state index in [1.807, 2.05) is 0 Å². The Morgan fingerprint density at radius 3 is 2.40 bits per heavy atom. The van der Waals surface area contributed by atoms with Crippen molar-refractivity contribution in [1.82, 2.24) is 4.90 Å². The fraction of sp³-hybridized carbons (Fsp3) is 0.500. The fourth-order valence-corrected chi connectivity index (χ4v) is 2.45. The Bertz CT molecular complexity index is 594. The molecule has 0 bridgehead atoms. The van der Waals surface area contributed by atoms with E-state index in [-0.39, 0.29) is 10.8 Å². The molecule has 0 saturated carbocycles. The zero-order chi connectivity index (χ0) is 15.5. The number of hydrogen-bond donors (Lipinski definition) is 1. The summed E-state index contributed by atoms with van der Waals surface area (Å²) in [5.41, 5.74) is 1.04. The number of benzene rings is 1. The molecule has 1 amide bonds. The van der Waals surface area contributed by atoms with E-state index in [2.05, 4.69) is 13.8 Å². The van der Waals surface area contributed by atoms with Gasteiger partial charge in [0.25, 0.3) is 5.91 Å². The van der Waals surface area contributed by atoms with Gasteiger partial charge in [0.1, 0.15) is 0 Å². The number of sulfonamides is 1. The van der Waals surface area contributed by atoms with Crippen LogP contribution in [-0.2, 0) is 10.0 Å². The molecule has 1 rings (SSSR count). The second kappa shape index (κ2) is 6.37. The summed E-state index contributed by atoms with van der Waals surface area (Å²) in [5.74, 6) is 0.307. The van der Waals surface area contributed by atoms with Gasteiger partial charge in [-0.25, -0.2) is 13.6 Å². The van der Waals surface area contributed by atoms with Crippen LogP contribution in [0.15, 0.2) is 23.1 Å². The third-order valence-electron chi connectivity index (χ3n) is 3.01. The molecule has 5 nitrogen and oxygen atoms in total. The zero-order valence-corrected chi connectivity index (χ0v) is 13.2. The molecule has 0 aromatic heterocycles. The number of nitrogens with two attached hydrogens (primary N) is 1. The molecule has 2 N–H and O–H groups in total. The summed E-state index contributed by atoms with van der Waals surface area (Å²) < 4.78 is 22.8. The number of primary sulfonamides is 1. The first-order valence-electron chi connectivity index (χ1n) is 6.51. The van der Waals surface area contributed by atoms with Gasteiger partial charge in [-0.05, 0) is 43.0 Å². The number of amides is 1. The first kappa shape index (κ1) is 16.7. The lowest BCUT2D eigenvalue weighted by Crippen LogP contribution is -2.28. The van der Waals surface area contributed by atoms with E-state index in [4.69, 9.17) is 5.14 Å². The lowest BCUT2D eigenvalue weighted by atomic mass is 10.1. The van der Waals surface area contributed by atoms with Crippen molar-refractivity contribution in [3.63, 3.8) is 0 Å². The van der Waals surface area contributed by atoms with E-state index < -0.39 is 10.0 Å². The van der Waals surface area contributed by atoms with Gasteiger partial charge in [-0.3, -0.25) is 4.79 Å². The predicted octanol–water partition coefficient (Wildman–Crippen LogP) is 1.76.